The normalized spacial score (nSPS) is 12.7. The molecule has 0 heterocycles. The van der Waals surface area contributed by atoms with E-state index < -0.39 is 0 Å². The lowest BCUT2D eigenvalue weighted by atomic mass is 9.81. The van der Waals surface area contributed by atoms with Crippen molar-refractivity contribution in [3.8, 4) is 0 Å². The van der Waals surface area contributed by atoms with Crippen molar-refractivity contribution in [3.63, 3.8) is 0 Å². The molecule has 0 saturated carbocycles. The monoisotopic (exact) mass is 426 g/mol. The number of hydrogen-bond acceptors (Lipinski definition) is 0. The van der Waals surface area contributed by atoms with Gasteiger partial charge in [-0.25, -0.2) is 0 Å². The van der Waals surface area contributed by atoms with Gasteiger partial charge in [0.2, 0.25) is 0 Å². The third kappa shape index (κ3) is 1.85. The molecule has 0 spiro atoms. The van der Waals surface area contributed by atoms with Crippen molar-refractivity contribution in [3.05, 3.63) is 109 Å². The Labute approximate surface area is 195 Å². The summed E-state index contributed by atoms with van der Waals surface area (Å²) >= 11 is 0. The van der Waals surface area contributed by atoms with E-state index in [-0.39, 0.29) is 0 Å². The van der Waals surface area contributed by atoms with Crippen LogP contribution in [-0.4, -0.2) is 0 Å². The van der Waals surface area contributed by atoms with Gasteiger partial charge in [0.05, 0.1) is 0 Å². The van der Waals surface area contributed by atoms with Gasteiger partial charge in [0.15, 0.2) is 0 Å². The molecule has 0 heteroatoms. The third-order valence-corrected chi connectivity index (χ3v) is 8.10. The van der Waals surface area contributed by atoms with E-state index in [0.29, 0.717) is 0 Å². The molecule has 0 aliphatic rings. The molecular formula is C34H18. The van der Waals surface area contributed by atoms with Crippen molar-refractivity contribution in [2.24, 2.45) is 0 Å². The van der Waals surface area contributed by atoms with Crippen LogP contribution in [0.5, 0.6) is 0 Å². The van der Waals surface area contributed by atoms with Crippen LogP contribution in [0.4, 0.5) is 0 Å². The summed E-state index contributed by atoms with van der Waals surface area (Å²) in [5.74, 6) is 0. The van der Waals surface area contributed by atoms with E-state index in [1.165, 1.54) is 86.2 Å². The molecule has 0 saturated heterocycles. The van der Waals surface area contributed by atoms with E-state index in [2.05, 4.69) is 109 Å². The Morgan fingerprint density at radius 3 is 1.03 bits per heavy atom. The summed E-state index contributed by atoms with van der Waals surface area (Å²) in [6, 6.07) is 40.9. The van der Waals surface area contributed by atoms with Crippen molar-refractivity contribution in [1.82, 2.24) is 0 Å². The van der Waals surface area contributed by atoms with Crippen LogP contribution in [0.3, 0.4) is 0 Å². The molecule has 0 fully saturated rings. The zero-order valence-corrected chi connectivity index (χ0v) is 18.4. The van der Waals surface area contributed by atoms with Crippen LogP contribution in [0.1, 0.15) is 0 Å². The topological polar surface area (TPSA) is 0 Å². The van der Waals surface area contributed by atoms with Crippen LogP contribution in [0.15, 0.2) is 109 Å². The molecule has 154 valence electrons. The molecule has 0 nitrogen and oxygen atoms in total. The number of benzene rings is 9. The van der Waals surface area contributed by atoms with Crippen molar-refractivity contribution in [1.29, 1.82) is 0 Å². The van der Waals surface area contributed by atoms with Crippen molar-refractivity contribution >= 4 is 86.2 Å². The molecule has 9 aromatic rings. The number of rotatable bonds is 0. The van der Waals surface area contributed by atoms with Crippen LogP contribution >= 0.6 is 0 Å². The maximum atomic E-state index is 2.43. The quantitative estimate of drug-likeness (QED) is 0.167. The van der Waals surface area contributed by atoms with Gasteiger partial charge >= 0.3 is 0 Å². The highest BCUT2D eigenvalue weighted by Gasteiger charge is 2.21. The van der Waals surface area contributed by atoms with Crippen molar-refractivity contribution < 1.29 is 0 Å². The zero-order chi connectivity index (χ0) is 22.0. The van der Waals surface area contributed by atoms with Gasteiger partial charge in [-0.15, -0.1) is 0 Å². The SMILES string of the molecule is c1ccc2c(c1)cc1c3cc4ccccc4c4ccc5c6ccccc6c6ccc2c1c6c5c43. The summed E-state index contributed by atoms with van der Waals surface area (Å²) in [6.45, 7) is 0. The van der Waals surface area contributed by atoms with Crippen molar-refractivity contribution in [2.75, 3.05) is 0 Å². The molecular weight excluding hydrogens is 408 g/mol. The molecule has 0 amide bonds. The Morgan fingerprint density at radius 2 is 0.588 bits per heavy atom. The molecule has 0 radical (unpaired) electrons. The molecule has 0 bridgehead atoms. The van der Waals surface area contributed by atoms with E-state index >= 15 is 0 Å². The zero-order valence-electron chi connectivity index (χ0n) is 18.4. The molecule has 0 aliphatic heterocycles. The largest absolute Gasteiger partial charge is 0.0616 e. The van der Waals surface area contributed by atoms with Crippen LogP contribution in [-0.2, 0) is 0 Å². The van der Waals surface area contributed by atoms with Crippen molar-refractivity contribution in [2.45, 2.75) is 0 Å². The lowest BCUT2D eigenvalue weighted by Crippen LogP contribution is -1.93. The molecule has 9 rings (SSSR count). The highest BCUT2D eigenvalue weighted by atomic mass is 14.2. The van der Waals surface area contributed by atoms with Crippen LogP contribution in [0.2, 0.25) is 0 Å². The van der Waals surface area contributed by atoms with Gasteiger partial charge in [-0.1, -0.05) is 97.1 Å². The Morgan fingerprint density at radius 1 is 0.235 bits per heavy atom. The molecule has 0 aromatic heterocycles. The Bertz CT molecular complexity index is 2100. The summed E-state index contributed by atoms with van der Waals surface area (Å²) in [7, 11) is 0. The minimum atomic E-state index is 1.31. The first-order chi connectivity index (χ1) is 16.9. The van der Waals surface area contributed by atoms with E-state index in [9.17, 15) is 0 Å². The first-order valence-electron chi connectivity index (χ1n) is 12.0. The minimum Gasteiger partial charge on any atom is -0.0616 e. The molecule has 0 aliphatic carbocycles. The third-order valence-electron chi connectivity index (χ3n) is 8.10. The fraction of sp³-hybridized carbons (Fsp3) is 0. The van der Waals surface area contributed by atoms with E-state index in [4.69, 9.17) is 0 Å². The van der Waals surface area contributed by atoms with Gasteiger partial charge in [-0.3, -0.25) is 0 Å². The van der Waals surface area contributed by atoms with Gasteiger partial charge in [-0.05, 0) is 98.3 Å². The van der Waals surface area contributed by atoms with Crippen LogP contribution in [0.25, 0.3) is 86.2 Å². The summed E-state index contributed by atoms with van der Waals surface area (Å²) in [5.41, 5.74) is 0. The molecule has 34 heavy (non-hydrogen) atoms. The summed E-state index contributed by atoms with van der Waals surface area (Å²) in [5, 5.41) is 21.8. The lowest BCUT2D eigenvalue weighted by Gasteiger charge is -2.21. The second kappa shape index (κ2) is 5.73. The minimum absolute atomic E-state index is 1.31. The van der Waals surface area contributed by atoms with Gasteiger partial charge in [-0.2, -0.15) is 0 Å². The maximum Gasteiger partial charge on any atom is -0.000740 e. The summed E-state index contributed by atoms with van der Waals surface area (Å²) in [6.07, 6.45) is 0. The molecule has 0 unspecified atom stereocenters. The lowest BCUT2D eigenvalue weighted by molar-refractivity contribution is 1.79. The van der Waals surface area contributed by atoms with E-state index in [1.807, 2.05) is 0 Å². The van der Waals surface area contributed by atoms with Crippen LogP contribution < -0.4 is 0 Å². The fourth-order valence-electron chi connectivity index (χ4n) is 6.75. The number of fused-ring (bicyclic) bond motifs is 8. The summed E-state index contributed by atoms with van der Waals surface area (Å²) in [4.78, 5) is 0. The molecule has 0 N–H and O–H groups in total. The Kier molecular flexibility index (Phi) is 2.88. The average molecular weight is 427 g/mol. The second-order valence-electron chi connectivity index (χ2n) is 9.66. The fourth-order valence-corrected chi connectivity index (χ4v) is 6.75. The van der Waals surface area contributed by atoms with Gasteiger partial charge in [0.25, 0.3) is 0 Å². The second-order valence-corrected chi connectivity index (χ2v) is 9.66. The molecule has 9 aromatic carbocycles. The highest BCUT2D eigenvalue weighted by molar-refractivity contribution is 6.47. The predicted octanol–water partition coefficient (Wildman–Crippen LogP) is 9.79. The van der Waals surface area contributed by atoms with Crippen LogP contribution in [0, 0.1) is 0 Å². The average Bonchev–Trinajstić information content (AvgIpc) is 2.91. The smallest absolute Gasteiger partial charge is 0.000740 e. The first kappa shape index (κ1) is 17.1. The molecule has 0 atom stereocenters. The van der Waals surface area contributed by atoms with Gasteiger partial charge in [0.1, 0.15) is 0 Å². The Balaban J connectivity index is 1.77. The summed E-state index contributed by atoms with van der Waals surface area (Å²) < 4.78 is 0. The first-order valence-corrected chi connectivity index (χ1v) is 12.0. The Hall–Kier alpha value is -4.42. The highest BCUT2D eigenvalue weighted by Crippen LogP contribution is 2.50. The predicted molar refractivity (Wildman–Crippen MR) is 149 cm³/mol. The standard InChI is InChI=1S/C34H18/c1-3-9-21-19(7-1)17-29-30-18-20-8-2-4-10-22(20)26-14-16-28-24-12-6-5-11-23(24)27-15-13-25(21)31(29)33(27)34(28)32(26)30/h1-18H. The number of hydrogen-bond donors (Lipinski definition) is 0. The van der Waals surface area contributed by atoms with Gasteiger partial charge < -0.3 is 0 Å². The van der Waals surface area contributed by atoms with Gasteiger partial charge in [0, 0.05) is 0 Å². The van der Waals surface area contributed by atoms with E-state index in [1.54, 1.807) is 0 Å². The van der Waals surface area contributed by atoms with E-state index in [0.717, 1.165) is 0 Å². The maximum absolute atomic E-state index is 2.43.